The molecule has 0 spiro atoms. The smallest absolute Gasteiger partial charge is 0.308 e. The van der Waals surface area contributed by atoms with Crippen LogP contribution in [0.2, 0.25) is 5.15 Å². The summed E-state index contributed by atoms with van der Waals surface area (Å²) in [5.74, 6) is 0.0347. The van der Waals surface area contributed by atoms with Crippen molar-refractivity contribution in [3.05, 3.63) is 17.2 Å². The molecule has 1 aromatic heterocycles. The number of fused-ring (bicyclic) bond motifs is 2. The van der Waals surface area contributed by atoms with Crippen LogP contribution in [0.15, 0.2) is 6.20 Å². The largest absolute Gasteiger partial charge is 0.481 e. The summed E-state index contributed by atoms with van der Waals surface area (Å²) in [6.07, 6.45) is 4.51. The number of carbonyl (C=O) groups is 1. The molecule has 3 unspecified atom stereocenters. The molecule has 2 aliphatic heterocycles. The Balaban J connectivity index is 1.78. The molecule has 3 rings (SSSR count). The Morgan fingerprint density at radius 2 is 2.39 bits per heavy atom. The zero-order chi connectivity index (χ0) is 12.9. The lowest BCUT2D eigenvalue weighted by molar-refractivity contribution is -0.142. The Morgan fingerprint density at radius 1 is 1.61 bits per heavy atom. The molecule has 0 radical (unpaired) electrons. The van der Waals surface area contributed by atoms with Gasteiger partial charge in [0.1, 0.15) is 11.0 Å². The number of nitrogens with zero attached hydrogens (tertiary/aromatic N) is 3. The highest BCUT2D eigenvalue weighted by molar-refractivity contribution is 6.29. The van der Waals surface area contributed by atoms with Crippen LogP contribution >= 0.6 is 11.6 Å². The molecule has 1 N–H and O–H groups in total. The van der Waals surface area contributed by atoms with E-state index in [2.05, 4.69) is 9.88 Å². The Morgan fingerprint density at radius 3 is 2.94 bits per heavy atom. The molecule has 2 bridgehead atoms. The molecule has 98 valence electrons. The third-order valence-electron chi connectivity index (χ3n) is 4.35. The molecule has 2 fully saturated rings. The van der Waals surface area contributed by atoms with Gasteiger partial charge in [-0.25, -0.2) is 4.98 Å². The highest BCUT2D eigenvalue weighted by Gasteiger charge is 2.49. The van der Waals surface area contributed by atoms with E-state index in [0.717, 1.165) is 25.1 Å². The Labute approximate surface area is 110 Å². The lowest BCUT2D eigenvalue weighted by Gasteiger charge is -2.22. The van der Waals surface area contributed by atoms with Crippen molar-refractivity contribution >= 4 is 17.6 Å². The van der Waals surface area contributed by atoms with Gasteiger partial charge in [-0.3, -0.25) is 9.69 Å². The van der Waals surface area contributed by atoms with Crippen LogP contribution in [-0.4, -0.2) is 37.6 Å². The molecule has 3 atom stereocenters. The maximum Gasteiger partial charge on any atom is 0.308 e. The second-order valence-electron chi connectivity index (χ2n) is 5.21. The molecule has 1 aromatic rings. The van der Waals surface area contributed by atoms with Gasteiger partial charge in [0.25, 0.3) is 0 Å². The second-order valence-corrected chi connectivity index (χ2v) is 5.59. The SMILES string of the molecule is Cn1c(Cl)cnc1CN1C2CCC1C(C(=O)O)C2. The molecule has 0 saturated carbocycles. The van der Waals surface area contributed by atoms with Crippen molar-refractivity contribution in [2.45, 2.75) is 37.9 Å². The molecule has 2 aliphatic rings. The highest BCUT2D eigenvalue weighted by Crippen LogP contribution is 2.42. The summed E-state index contributed by atoms with van der Waals surface area (Å²) in [4.78, 5) is 17.8. The number of carboxylic acids is 1. The Kier molecular flexibility index (Phi) is 2.83. The van der Waals surface area contributed by atoms with E-state index in [4.69, 9.17) is 11.6 Å². The molecular formula is C12H16ClN3O2. The standard InChI is InChI=1S/C12H16ClN3O2/c1-15-10(13)5-14-11(15)6-16-7-2-3-9(16)8(4-7)12(17)18/h5,7-9H,2-4,6H2,1H3,(H,17,18). The fourth-order valence-electron chi connectivity index (χ4n) is 3.35. The number of hydrogen-bond acceptors (Lipinski definition) is 3. The molecule has 6 heteroatoms. The number of aromatic nitrogens is 2. The van der Waals surface area contributed by atoms with Gasteiger partial charge < -0.3 is 9.67 Å². The van der Waals surface area contributed by atoms with Crippen LogP contribution in [0.5, 0.6) is 0 Å². The van der Waals surface area contributed by atoms with Gasteiger partial charge in [0.2, 0.25) is 0 Å². The minimum atomic E-state index is -0.662. The Hall–Kier alpha value is -1.07. The highest BCUT2D eigenvalue weighted by atomic mass is 35.5. The van der Waals surface area contributed by atoms with Gasteiger partial charge in [0.05, 0.1) is 18.7 Å². The third-order valence-corrected chi connectivity index (χ3v) is 4.70. The van der Waals surface area contributed by atoms with Gasteiger partial charge in [-0.1, -0.05) is 11.6 Å². The van der Waals surface area contributed by atoms with Crippen LogP contribution in [0.25, 0.3) is 0 Å². The predicted octanol–water partition coefficient (Wildman–Crippen LogP) is 1.51. The molecule has 0 aromatic carbocycles. The molecule has 3 heterocycles. The number of imidazole rings is 1. The predicted molar refractivity (Wildman–Crippen MR) is 66.3 cm³/mol. The van der Waals surface area contributed by atoms with Crippen molar-refractivity contribution in [3.8, 4) is 0 Å². The molecule has 5 nitrogen and oxygen atoms in total. The van der Waals surface area contributed by atoms with Crippen LogP contribution < -0.4 is 0 Å². The average molecular weight is 270 g/mol. The van der Waals surface area contributed by atoms with Gasteiger partial charge in [-0.15, -0.1) is 0 Å². The normalized spacial score (nSPS) is 31.1. The third kappa shape index (κ3) is 1.73. The minimum Gasteiger partial charge on any atom is -0.481 e. The summed E-state index contributed by atoms with van der Waals surface area (Å²) in [7, 11) is 1.89. The fraction of sp³-hybridized carbons (Fsp3) is 0.667. The summed E-state index contributed by atoms with van der Waals surface area (Å²) in [5.41, 5.74) is 0. The van der Waals surface area contributed by atoms with Crippen molar-refractivity contribution in [2.75, 3.05) is 0 Å². The van der Waals surface area contributed by atoms with E-state index in [9.17, 15) is 9.90 Å². The first-order valence-electron chi connectivity index (χ1n) is 6.22. The quantitative estimate of drug-likeness (QED) is 0.904. The Bertz CT molecular complexity index is 488. The van der Waals surface area contributed by atoms with E-state index in [1.807, 2.05) is 11.6 Å². The van der Waals surface area contributed by atoms with Crippen LogP contribution in [0.3, 0.4) is 0 Å². The number of hydrogen-bond donors (Lipinski definition) is 1. The molecule has 0 amide bonds. The van der Waals surface area contributed by atoms with Gasteiger partial charge in [-0.2, -0.15) is 0 Å². The van der Waals surface area contributed by atoms with Gasteiger partial charge in [-0.05, 0) is 19.3 Å². The zero-order valence-corrected chi connectivity index (χ0v) is 11.0. The van der Waals surface area contributed by atoms with E-state index < -0.39 is 5.97 Å². The van der Waals surface area contributed by atoms with Gasteiger partial charge in [0, 0.05) is 19.1 Å². The monoisotopic (exact) mass is 269 g/mol. The summed E-state index contributed by atoms with van der Waals surface area (Å²) >= 11 is 5.97. The van der Waals surface area contributed by atoms with Crippen molar-refractivity contribution < 1.29 is 9.90 Å². The first-order valence-corrected chi connectivity index (χ1v) is 6.60. The van der Waals surface area contributed by atoms with E-state index in [-0.39, 0.29) is 12.0 Å². The van der Waals surface area contributed by atoms with Crippen LogP contribution in [0, 0.1) is 5.92 Å². The summed E-state index contributed by atoms with van der Waals surface area (Å²) in [6, 6.07) is 0.564. The average Bonchev–Trinajstić information content (AvgIpc) is 2.98. The van der Waals surface area contributed by atoms with Crippen molar-refractivity contribution in [2.24, 2.45) is 13.0 Å². The molecule has 18 heavy (non-hydrogen) atoms. The van der Waals surface area contributed by atoms with Crippen LogP contribution in [0.4, 0.5) is 0 Å². The maximum atomic E-state index is 11.2. The number of aliphatic carboxylic acids is 1. The molecule has 0 aliphatic carbocycles. The summed E-state index contributed by atoms with van der Waals surface area (Å²) in [5, 5.41) is 9.83. The molecular weight excluding hydrogens is 254 g/mol. The van der Waals surface area contributed by atoms with E-state index in [0.29, 0.717) is 17.7 Å². The van der Waals surface area contributed by atoms with Gasteiger partial charge in [0.15, 0.2) is 0 Å². The summed E-state index contributed by atoms with van der Waals surface area (Å²) < 4.78 is 1.86. The number of carboxylic acid groups (broad SMARTS) is 1. The van der Waals surface area contributed by atoms with Crippen LogP contribution in [-0.2, 0) is 18.4 Å². The topological polar surface area (TPSA) is 58.4 Å². The number of halogens is 1. The lowest BCUT2D eigenvalue weighted by atomic mass is 9.89. The molecule has 2 saturated heterocycles. The first-order chi connectivity index (χ1) is 8.58. The van der Waals surface area contributed by atoms with E-state index in [1.54, 1.807) is 6.20 Å². The van der Waals surface area contributed by atoms with Gasteiger partial charge >= 0.3 is 5.97 Å². The van der Waals surface area contributed by atoms with E-state index >= 15 is 0 Å². The summed E-state index contributed by atoms with van der Waals surface area (Å²) in [6.45, 7) is 0.697. The van der Waals surface area contributed by atoms with E-state index in [1.165, 1.54) is 0 Å². The zero-order valence-electron chi connectivity index (χ0n) is 10.2. The minimum absolute atomic E-state index is 0.169. The maximum absolute atomic E-state index is 11.2. The fourth-order valence-corrected chi connectivity index (χ4v) is 3.49. The first kappa shape index (κ1) is 12.0. The van der Waals surface area contributed by atoms with Crippen molar-refractivity contribution in [1.29, 1.82) is 0 Å². The van der Waals surface area contributed by atoms with Crippen molar-refractivity contribution in [1.82, 2.24) is 14.5 Å². The van der Waals surface area contributed by atoms with Crippen LogP contribution in [0.1, 0.15) is 25.1 Å². The second kappa shape index (κ2) is 4.24. The van der Waals surface area contributed by atoms with Crippen molar-refractivity contribution in [3.63, 3.8) is 0 Å². The number of rotatable bonds is 3. The lowest BCUT2D eigenvalue weighted by Crippen LogP contribution is -2.33.